The summed E-state index contributed by atoms with van der Waals surface area (Å²) in [4.78, 5) is 67.4. The van der Waals surface area contributed by atoms with Crippen LogP contribution >= 0.6 is 0 Å². The molecule has 0 radical (unpaired) electrons. The van der Waals surface area contributed by atoms with Crippen molar-refractivity contribution in [3.8, 4) is 0 Å². The highest BCUT2D eigenvalue weighted by molar-refractivity contribution is 6.25. The van der Waals surface area contributed by atoms with Crippen LogP contribution in [-0.4, -0.2) is 69.9 Å². The lowest BCUT2D eigenvalue weighted by molar-refractivity contribution is -0.136. The molecule has 12 nitrogen and oxygen atoms in total. The lowest BCUT2D eigenvalue weighted by Crippen LogP contribution is -2.54. The Bertz CT molecular complexity index is 1870. The molecule has 2 unspecified atom stereocenters. The number of halogens is 1. The van der Waals surface area contributed by atoms with Crippen molar-refractivity contribution in [2.45, 2.75) is 64.6 Å². The van der Waals surface area contributed by atoms with Gasteiger partial charge in [0.15, 0.2) is 6.23 Å². The molecule has 5 amide bonds. The number of benzene rings is 2. The summed E-state index contributed by atoms with van der Waals surface area (Å²) in [6.45, 7) is 4.69. The van der Waals surface area contributed by atoms with E-state index in [1.165, 1.54) is 12.1 Å². The van der Waals surface area contributed by atoms with Crippen LogP contribution in [-0.2, 0) is 9.59 Å². The molecule has 1 fully saturated rings. The normalized spacial score (nSPS) is 19.3. The van der Waals surface area contributed by atoms with Crippen molar-refractivity contribution in [3.63, 3.8) is 0 Å². The number of carbonyl (C=O) groups is 5. The molecule has 2 aromatic carbocycles. The fourth-order valence-corrected chi connectivity index (χ4v) is 6.60. The first-order chi connectivity index (χ1) is 23.0. The zero-order chi connectivity index (χ0) is 34.1. The van der Waals surface area contributed by atoms with Crippen molar-refractivity contribution < 1.29 is 33.5 Å². The number of hydrogen-bond donors (Lipinski definition) is 6. The molecule has 48 heavy (non-hydrogen) atoms. The third-order valence-electron chi connectivity index (χ3n) is 9.06. The molecular formula is C35H37FN6O6. The van der Waals surface area contributed by atoms with Gasteiger partial charge in [0.1, 0.15) is 11.9 Å². The van der Waals surface area contributed by atoms with Crippen LogP contribution in [0.1, 0.15) is 92.1 Å². The minimum atomic E-state index is -1.01. The van der Waals surface area contributed by atoms with Gasteiger partial charge in [-0.25, -0.2) is 4.39 Å². The van der Waals surface area contributed by atoms with Crippen LogP contribution in [0.4, 0.5) is 15.8 Å². The average molecular weight is 657 g/mol. The fourth-order valence-electron chi connectivity index (χ4n) is 6.60. The molecule has 3 aliphatic heterocycles. The second-order valence-electron chi connectivity index (χ2n) is 12.3. The van der Waals surface area contributed by atoms with Crippen LogP contribution < -0.4 is 21.3 Å². The number of aromatic nitrogens is 1. The third kappa shape index (κ3) is 6.20. The number of amides is 5. The Labute approximate surface area is 276 Å². The zero-order valence-corrected chi connectivity index (χ0v) is 26.7. The summed E-state index contributed by atoms with van der Waals surface area (Å²) < 4.78 is 13.9. The largest absolute Gasteiger partial charge is 0.384 e. The minimum absolute atomic E-state index is 0.0626. The van der Waals surface area contributed by atoms with Gasteiger partial charge in [0.25, 0.3) is 17.7 Å². The van der Waals surface area contributed by atoms with Gasteiger partial charge in [-0.3, -0.25) is 34.2 Å². The predicted octanol–water partition coefficient (Wildman–Crippen LogP) is 3.86. The Hall–Kier alpha value is -5.30. The maximum atomic E-state index is 13.9. The number of fused-ring (bicyclic) bond motifs is 2. The summed E-state index contributed by atoms with van der Waals surface area (Å²) in [7, 11) is 0. The van der Waals surface area contributed by atoms with E-state index < -0.39 is 41.7 Å². The number of nitrogens with one attached hydrogen (secondary N) is 5. The van der Waals surface area contributed by atoms with Crippen LogP contribution in [0.5, 0.6) is 0 Å². The summed E-state index contributed by atoms with van der Waals surface area (Å²) in [5.41, 5.74) is 5.33. The molecule has 0 saturated carbocycles. The highest BCUT2D eigenvalue weighted by atomic mass is 19.1. The van der Waals surface area contributed by atoms with Gasteiger partial charge in [-0.15, -0.1) is 0 Å². The van der Waals surface area contributed by atoms with Gasteiger partial charge in [0, 0.05) is 53.4 Å². The smallest absolute Gasteiger partial charge is 0.264 e. The number of H-pyrrole nitrogens is 1. The van der Waals surface area contributed by atoms with E-state index in [4.69, 9.17) is 0 Å². The first-order valence-corrected chi connectivity index (χ1v) is 16.1. The number of unbranched alkanes of at least 4 members (excludes halogenated alkanes) is 3. The number of aryl methyl sites for hydroxylation is 1. The van der Waals surface area contributed by atoms with Gasteiger partial charge in [-0.05, 0) is 75.1 Å². The van der Waals surface area contributed by atoms with Gasteiger partial charge in [-0.1, -0.05) is 18.9 Å². The first kappa shape index (κ1) is 32.6. The average Bonchev–Trinajstić information content (AvgIpc) is 3.61. The molecule has 250 valence electrons. The Morgan fingerprint density at radius 1 is 1.02 bits per heavy atom. The van der Waals surface area contributed by atoms with Crippen molar-refractivity contribution >= 4 is 52.6 Å². The van der Waals surface area contributed by atoms with E-state index in [0.717, 1.165) is 36.1 Å². The number of hydrogen-bond acceptors (Lipinski definition) is 8. The molecule has 13 heteroatoms. The van der Waals surface area contributed by atoms with Gasteiger partial charge < -0.3 is 26.0 Å². The molecule has 3 aliphatic rings. The fraction of sp³-hybridized carbons (Fsp3) is 0.343. The van der Waals surface area contributed by atoms with Crippen LogP contribution in [0, 0.1) is 19.7 Å². The summed E-state index contributed by atoms with van der Waals surface area (Å²) in [6, 6.07) is 8.24. The number of imide groups is 2. The Kier molecular flexibility index (Phi) is 9.13. The summed E-state index contributed by atoms with van der Waals surface area (Å²) in [5, 5.41) is 21.9. The topological polar surface area (TPSA) is 173 Å². The second-order valence-corrected chi connectivity index (χ2v) is 12.3. The highest BCUT2D eigenvalue weighted by Crippen LogP contribution is 2.37. The molecule has 6 N–H and O–H groups in total. The molecule has 2 atom stereocenters. The number of aliphatic hydroxyl groups excluding tert-OH is 1. The van der Waals surface area contributed by atoms with Gasteiger partial charge in [-0.2, -0.15) is 0 Å². The molecule has 4 heterocycles. The lowest BCUT2D eigenvalue weighted by Gasteiger charge is -2.27. The van der Waals surface area contributed by atoms with E-state index in [1.807, 2.05) is 13.8 Å². The van der Waals surface area contributed by atoms with Crippen molar-refractivity contribution in [1.82, 2.24) is 20.5 Å². The number of anilines is 2. The van der Waals surface area contributed by atoms with Crippen LogP contribution in [0.25, 0.3) is 11.6 Å². The van der Waals surface area contributed by atoms with E-state index in [9.17, 15) is 33.5 Å². The van der Waals surface area contributed by atoms with Gasteiger partial charge in [0.2, 0.25) is 11.8 Å². The van der Waals surface area contributed by atoms with E-state index in [0.29, 0.717) is 52.6 Å². The standard InChI is InChI=1S/C35H37FN6O6/c1-18-26(17-23-22-16-20(36)10-11-24(22)40-31(23)44)39-19(2)29(18)33(46)38-15-6-4-3-5-14-37-25-9-7-8-21-30(25)35(48)42(34(21)47)27-12-13-28(43)41-32(27)45/h7-11,16-17,27,31,37,39-40,44H,3-6,12-15H2,1-2H3,(H,38,46)(H,41,43,45)/b23-17-. The maximum Gasteiger partial charge on any atom is 0.264 e. The lowest BCUT2D eigenvalue weighted by atomic mass is 10.0. The molecule has 1 aromatic heterocycles. The number of aliphatic hydroxyl groups is 1. The first-order valence-electron chi connectivity index (χ1n) is 16.1. The van der Waals surface area contributed by atoms with Crippen molar-refractivity contribution in [2.24, 2.45) is 0 Å². The van der Waals surface area contributed by atoms with Gasteiger partial charge >= 0.3 is 0 Å². The minimum Gasteiger partial charge on any atom is -0.384 e. The molecule has 0 bridgehead atoms. The quantitative estimate of drug-likeness (QED) is 0.133. The predicted molar refractivity (Wildman–Crippen MR) is 177 cm³/mol. The number of nitrogens with zero attached hydrogens (tertiary/aromatic N) is 1. The molecule has 0 aliphatic carbocycles. The molecule has 6 rings (SSSR count). The van der Waals surface area contributed by atoms with Crippen molar-refractivity contribution in [1.29, 1.82) is 0 Å². The molecule has 0 spiro atoms. The van der Waals surface area contributed by atoms with E-state index >= 15 is 0 Å². The summed E-state index contributed by atoms with van der Waals surface area (Å²) in [6.07, 6.45) is 4.19. The SMILES string of the molecule is Cc1[nH]c(/C=C2/c3cc(F)ccc3NC2O)c(C)c1C(=O)NCCCCCCNc1cccc2c1C(=O)N(C1CCC(=O)NC1=O)C2=O. The monoisotopic (exact) mass is 656 g/mol. The third-order valence-corrected chi connectivity index (χ3v) is 9.06. The zero-order valence-electron chi connectivity index (χ0n) is 26.7. The number of carbonyl (C=O) groups excluding carboxylic acids is 5. The highest BCUT2D eigenvalue weighted by Gasteiger charge is 2.45. The van der Waals surface area contributed by atoms with Crippen molar-refractivity contribution in [2.75, 3.05) is 23.7 Å². The number of piperidine rings is 1. The van der Waals surface area contributed by atoms with Gasteiger partial charge in [0.05, 0.1) is 16.7 Å². The summed E-state index contributed by atoms with van der Waals surface area (Å²) >= 11 is 0. The Balaban J connectivity index is 0.964. The van der Waals surface area contributed by atoms with Crippen LogP contribution in [0.2, 0.25) is 0 Å². The van der Waals surface area contributed by atoms with Crippen LogP contribution in [0.15, 0.2) is 36.4 Å². The second kappa shape index (κ2) is 13.4. The maximum absolute atomic E-state index is 13.9. The van der Waals surface area contributed by atoms with E-state index in [-0.39, 0.29) is 29.9 Å². The van der Waals surface area contributed by atoms with Crippen LogP contribution in [0.3, 0.4) is 0 Å². The molecule has 3 aromatic rings. The summed E-state index contributed by atoms with van der Waals surface area (Å²) in [5.74, 6) is -2.75. The number of aromatic amines is 1. The van der Waals surface area contributed by atoms with E-state index in [1.54, 1.807) is 30.3 Å². The Morgan fingerprint density at radius 3 is 2.56 bits per heavy atom. The molecular weight excluding hydrogens is 619 g/mol. The molecule has 1 saturated heterocycles. The van der Waals surface area contributed by atoms with E-state index in [2.05, 4.69) is 26.3 Å². The van der Waals surface area contributed by atoms with Crippen molar-refractivity contribution in [3.05, 3.63) is 81.4 Å². The Morgan fingerprint density at radius 2 is 1.79 bits per heavy atom. The number of rotatable bonds is 11.